The average Bonchev–Trinajstić information content (AvgIpc) is 2.08. The standard InChI is InChI=1S/C12H23NOS/c1-10(2)11(14)13-8-6-7-9-15-12(3,4)5/h1,6-9H2,2-5H3,(H,13,14). The molecular weight excluding hydrogens is 206 g/mol. The van der Waals surface area contributed by atoms with Crippen LogP contribution in [0.4, 0.5) is 0 Å². The van der Waals surface area contributed by atoms with E-state index in [1.165, 1.54) is 0 Å². The SMILES string of the molecule is C=C(C)C(=O)NCCCCSC(C)(C)C. The van der Waals surface area contributed by atoms with Gasteiger partial charge >= 0.3 is 0 Å². The molecule has 0 aromatic heterocycles. The highest BCUT2D eigenvalue weighted by molar-refractivity contribution is 8.00. The van der Waals surface area contributed by atoms with E-state index in [1.807, 2.05) is 11.8 Å². The number of carbonyl (C=O) groups excluding carboxylic acids is 1. The van der Waals surface area contributed by atoms with E-state index in [2.05, 4.69) is 32.7 Å². The van der Waals surface area contributed by atoms with Gasteiger partial charge in [0.05, 0.1) is 0 Å². The fourth-order valence-electron chi connectivity index (χ4n) is 0.958. The maximum Gasteiger partial charge on any atom is 0.246 e. The first kappa shape index (κ1) is 14.6. The Balaban J connectivity index is 3.33. The van der Waals surface area contributed by atoms with Gasteiger partial charge in [-0.1, -0.05) is 27.4 Å². The number of carbonyl (C=O) groups is 1. The van der Waals surface area contributed by atoms with Crippen LogP contribution in [0.3, 0.4) is 0 Å². The molecule has 0 saturated heterocycles. The number of thioether (sulfide) groups is 1. The van der Waals surface area contributed by atoms with Gasteiger partial charge in [0.2, 0.25) is 5.91 Å². The van der Waals surface area contributed by atoms with E-state index in [4.69, 9.17) is 0 Å². The molecular formula is C12H23NOS. The van der Waals surface area contributed by atoms with Crippen molar-refractivity contribution in [2.75, 3.05) is 12.3 Å². The second kappa shape index (κ2) is 6.94. The van der Waals surface area contributed by atoms with Crippen molar-refractivity contribution in [3.05, 3.63) is 12.2 Å². The van der Waals surface area contributed by atoms with Crippen LogP contribution in [-0.2, 0) is 4.79 Å². The summed E-state index contributed by atoms with van der Waals surface area (Å²) in [6, 6.07) is 0. The second-order valence-electron chi connectivity index (χ2n) is 4.70. The molecule has 3 heteroatoms. The van der Waals surface area contributed by atoms with Gasteiger partial charge in [0, 0.05) is 16.9 Å². The van der Waals surface area contributed by atoms with Crippen LogP contribution in [0.5, 0.6) is 0 Å². The number of amides is 1. The Morgan fingerprint density at radius 3 is 2.40 bits per heavy atom. The van der Waals surface area contributed by atoms with E-state index in [1.54, 1.807) is 6.92 Å². The molecule has 88 valence electrons. The van der Waals surface area contributed by atoms with E-state index >= 15 is 0 Å². The van der Waals surface area contributed by atoms with Crippen molar-refractivity contribution in [3.8, 4) is 0 Å². The summed E-state index contributed by atoms with van der Waals surface area (Å²) >= 11 is 1.97. The van der Waals surface area contributed by atoms with Crippen LogP contribution < -0.4 is 5.32 Å². The van der Waals surface area contributed by atoms with Gasteiger partial charge in [-0.25, -0.2) is 0 Å². The summed E-state index contributed by atoms with van der Waals surface area (Å²) in [6.45, 7) is 12.7. The molecule has 0 unspecified atom stereocenters. The summed E-state index contributed by atoms with van der Waals surface area (Å²) in [5.41, 5.74) is 0.582. The zero-order valence-electron chi connectivity index (χ0n) is 10.4. The van der Waals surface area contributed by atoms with Crippen LogP contribution in [0.2, 0.25) is 0 Å². The zero-order valence-corrected chi connectivity index (χ0v) is 11.2. The first-order valence-electron chi connectivity index (χ1n) is 5.40. The summed E-state index contributed by atoms with van der Waals surface area (Å²) in [4.78, 5) is 11.1. The van der Waals surface area contributed by atoms with Crippen LogP contribution in [0.15, 0.2) is 12.2 Å². The molecule has 0 aromatic carbocycles. The number of hydrogen-bond donors (Lipinski definition) is 1. The van der Waals surface area contributed by atoms with Gasteiger partial charge in [0.15, 0.2) is 0 Å². The predicted octanol–water partition coefficient (Wildman–Crippen LogP) is 2.99. The molecule has 0 fully saturated rings. The smallest absolute Gasteiger partial charge is 0.246 e. The summed E-state index contributed by atoms with van der Waals surface area (Å²) < 4.78 is 0.348. The Morgan fingerprint density at radius 2 is 1.93 bits per heavy atom. The predicted molar refractivity (Wildman–Crippen MR) is 69.3 cm³/mol. The second-order valence-corrected chi connectivity index (χ2v) is 6.63. The molecule has 0 rings (SSSR count). The Bertz CT molecular complexity index is 218. The van der Waals surface area contributed by atoms with Gasteiger partial charge in [-0.3, -0.25) is 4.79 Å². The average molecular weight is 229 g/mol. The molecule has 0 atom stereocenters. The lowest BCUT2D eigenvalue weighted by molar-refractivity contribution is -0.117. The van der Waals surface area contributed by atoms with Crippen molar-refractivity contribution < 1.29 is 4.79 Å². The third kappa shape index (κ3) is 9.85. The zero-order chi connectivity index (χ0) is 11.9. The molecule has 0 aromatic rings. The summed E-state index contributed by atoms with van der Waals surface area (Å²) in [6.07, 6.45) is 2.19. The summed E-state index contributed by atoms with van der Waals surface area (Å²) in [7, 11) is 0. The Kier molecular flexibility index (Phi) is 6.73. The van der Waals surface area contributed by atoms with Crippen LogP contribution in [0.1, 0.15) is 40.5 Å². The summed E-state index contributed by atoms with van der Waals surface area (Å²) in [5, 5.41) is 2.83. The largest absolute Gasteiger partial charge is 0.352 e. The van der Waals surface area contributed by atoms with Crippen molar-refractivity contribution >= 4 is 17.7 Å². The third-order valence-corrected chi connectivity index (χ3v) is 3.14. The molecule has 1 N–H and O–H groups in total. The molecule has 15 heavy (non-hydrogen) atoms. The van der Waals surface area contributed by atoms with Gasteiger partial charge < -0.3 is 5.32 Å². The Morgan fingerprint density at radius 1 is 1.33 bits per heavy atom. The molecule has 0 heterocycles. The number of nitrogens with one attached hydrogen (secondary N) is 1. The van der Waals surface area contributed by atoms with Gasteiger partial charge in [-0.2, -0.15) is 11.8 Å². The van der Waals surface area contributed by atoms with E-state index in [9.17, 15) is 4.79 Å². The maximum atomic E-state index is 11.1. The molecule has 1 amide bonds. The molecule has 0 aliphatic carbocycles. The fraction of sp³-hybridized carbons (Fsp3) is 0.750. The number of unbranched alkanes of at least 4 members (excludes halogenated alkanes) is 1. The molecule has 0 radical (unpaired) electrons. The molecule has 0 saturated carbocycles. The van der Waals surface area contributed by atoms with Crippen molar-refractivity contribution in [1.29, 1.82) is 0 Å². The quantitative estimate of drug-likeness (QED) is 0.560. The number of hydrogen-bond acceptors (Lipinski definition) is 2. The van der Waals surface area contributed by atoms with Crippen molar-refractivity contribution in [3.63, 3.8) is 0 Å². The van der Waals surface area contributed by atoms with E-state index < -0.39 is 0 Å². The minimum absolute atomic E-state index is 0.0292. The topological polar surface area (TPSA) is 29.1 Å². The molecule has 0 bridgehead atoms. The first-order chi connectivity index (χ1) is 6.83. The highest BCUT2D eigenvalue weighted by atomic mass is 32.2. The number of rotatable bonds is 6. The van der Waals surface area contributed by atoms with E-state index in [-0.39, 0.29) is 5.91 Å². The molecule has 0 aliphatic rings. The van der Waals surface area contributed by atoms with Crippen molar-refractivity contribution in [2.45, 2.75) is 45.3 Å². The Labute approximate surface area is 97.9 Å². The van der Waals surface area contributed by atoms with Crippen LogP contribution in [0, 0.1) is 0 Å². The lowest BCUT2D eigenvalue weighted by Gasteiger charge is -2.17. The first-order valence-corrected chi connectivity index (χ1v) is 6.39. The van der Waals surface area contributed by atoms with Crippen LogP contribution in [0.25, 0.3) is 0 Å². The lowest BCUT2D eigenvalue weighted by Crippen LogP contribution is -2.24. The van der Waals surface area contributed by atoms with E-state index in [0.717, 1.165) is 25.1 Å². The van der Waals surface area contributed by atoms with Crippen molar-refractivity contribution in [1.82, 2.24) is 5.32 Å². The highest BCUT2D eigenvalue weighted by Gasteiger charge is 2.09. The summed E-state index contributed by atoms with van der Waals surface area (Å²) in [5.74, 6) is 1.13. The molecule has 0 spiro atoms. The monoisotopic (exact) mass is 229 g/mol. The molecule has 0 aliphatic heterocycles. The van der Waals surface area contributed by atoms with Crippen LogP contribution >= 0.6 is 11.8 Å². The van der Waals surface area contributed by atoms with Crippen LogP contribution in [-0.4, -0.2) is 23.0 Å². The molecule has 2 nitrogen and oxygen atoms in total. The van der Waals surface area contributed by atoms with Gasteiger partial charge in [0.1, 0.15) is 0 Å². The van der Waals surface area contributed by atoms with Gasteiger partial charge in [-0.05, 0) is 25.5 Å². The van der Waals surface area contributed by atoms with E-state index in [0.29, 0.717) is 10.3 Å². The van der Waals surface area contributed by atoms with Gasteiger partial charge in [0.25, 0.3) is 0 Å². The van der Waals surface area contributed by atoms with Crippen molar-refractivity contribution in [2.24, 2.45) is 0 Å². The highest BCUT2D eigenvalue weighted by Crippen LogP contribution is 2.23. The minimum atomic E-state index is -0.0292. The lowest BCUT2D eigenvalue weighted by atomic mass is 10.3. The third-order valence-electron chi connectivity index (χ3n) is 1.78. The fourth-order valence-corrected chi connectivity index (χ4v) is 1.92. The Hall–Kier alpha value is -0.440. The normalized spacial score (nSPS) is 11.2. The van der Waals surface area contributed by atoms with Gasteiger partial charge in [-0.15, -0.1) is 0 Å². The maximum absolute atomic E-state index is 11.1. The minimum Gasteiger partial charge on any atom is -0.352 e.